The van der Waals surface area contributed by atoms with Crippen LogP contribution in [0.3, 0.4) is 0 Å². The van der Waals surface area contributed by atoms with Gasteiger partial charge in [-0.1, -0.05) is 6.07 Å². The van der Waals surface area contributed by atoms with E-state index >= 15 is 0 Å². The predicted octanol–water partition coefficient (Wildman–Crippen LogP) is 1.44. The van der Waals surface area contributed by atoms with Crippen LogP contribution in [0, 0.1) is 11.6 Å². The van der Waals surface area contributed by atoms with Crippen molar-refractivity contribution in [2.24, 2.45) is 0 Å². The minimum Gasteiger partial charge on any atom is -0.392 e. The molecule has 1 atom stereocenters. The highest BCUT2D eigenvalue weighted by Gasteiger charge is 2.03. The molecule has 0 fully saturated rings. The van der Waals surface area contributed by atoms with Crippen molar-refractivity contribution >= 4 is 0 Å². The zero-order valence-electron chi connectivity index (χ0n) is 7.93. The first kappa shape index (κ1) is 11.1. The summed E-state index contributed by atoms with van der Waals surface area (Å²) in [7, 11) is 0. The highest BCUT2D eigenvalue weighted by atomic mass is 19.1. The standard InChI is InChI=1S/C10H13F2NO/c1-7(14)5-13-6-8-2-3-9(11)4-10(8)12/h2-4,7,13-14H,5-6H2,1H3/t7-/m1/s1. The van der Waals surface area contributed by atoms with Crippen LogP contribution in [0.4, 0.5) is 8.78 Å². The van der Waals surface area contributed by atoms with Crippen LogP contribution in [-0.4, -0.2) is 17.8 Å². The topological polar surface area (TPSA) is 32.3 Å². The lowest BCUT2D eigenvalue weighted by Crippen LogP contribution is -2.24. The van der Waals surface area contributed by atoms with Gasteiger partial charge in [0.15, 0.2) is 0 Å². The molecule has 0 aromatic heterocycles. The number of rotatable bonds is 4. The van der Waals surface area contributed by atoms with Gasteiger partial charge < -0.3 is 10.4 Å². The van der Waals surface area contributed by atoms with Gasteiger partial charge in [-0.05, 0) is 13.0 Å². The van der Waals surface area contributed by atoms with Gasteiger partial charge in [-0.2, -0.15) is 0 Å². The van der Waals surface area contributed by atoms with Crippen LogP contribution in [0.2, 0.25) is 0 Å². The van der Waals surface area contributed by atoms with E-state index in [1.54, 1.807) is 6.92 Å². The lowest BCUT2D eigenvalue weighted by Gasteiger charge is -2.07. The molecule has 1 aromatic carbocycles. The van der Waals surface area contributed by atoms with Crippen molar-refractivity contribution in [2.75, 3.05) is 6.54 Å². The number of halogens is 2. The zero-order valence-corrected chi connectivity index (χ0v) is 7.93. The van der Waals surface area contributed by atoms with Crippen LogP contribution >= 0.6 is 0 Å². The number of aliphatic hydroxyl groups is 1. The third-order valence-corrected chi connectivity index (χ3v) is 1.77. The number of benzene rings is 1. The van der Waals surface area contributed by atoms with Crippen molar-refractivity contribution in [2.45, 2.75) is 19.6 Å². The first-order valence-electron chi connectivity index (χ1n) is 4.42. The molecule has 2 nitrogen and oxygen atoms in total. The van der Waals surface area contributed by atoms with Gasteiger partial charge in [0.05, 0.1) is 6.10 Å². The van der Waals surface area contributed by atoms with E-state index in [4.69, 9.17) is 5.11 Å². The Bertz CT molecular complexity index is 302. The van der Waals surface area contributed by atoms with E-state index in [9.17, 15) is 8.78 Å². The summed E-state index contributed by atoms with van der Waals surface area (Å²) < 4.78 is 25.5. The van der Waals surface area contributed by atoms with Crippen LogP contribution in [0.1, 0.15) is 12.5 Å². The smallest absolute Gasteiger partial charge is 0.130 e. The summed E-state index contributed by atoms with van der Waals surface area (Å²) in [6.45, 7) is 2.31. The van der Waals surface area contributed by atoms with Crippen LogP contribution in [0.15, 0.2) is 18.2 Å². The molecule has 1 rings (SSSR count). The summed E-state index contributed by atoms with van der Waals surface area (Å²) >= 11 is 0. The summed E-state index contributed by atoms with van der Waals surface area (Å²) in [6, 6.07) is 3.45. The minimum atomic E-state index is -0.582. The monoisotopic (exact) mass is 201 g/mol. The average Bonchev–Trinajstić information content (AvgIpc) is 2.08. The van der Waals surface area contributed by atoms with Crippen LogP contribution < -0.4 is 5.32 Å². The molecule has 0 aliphatic heterocycles. The van der Waals surface area contributed by atoms with E-state index in [2.05, 4.69) is 5.32 Å². The van der Waals surface area contributed by atoms with E-state index in [1.165, 1.54) is 12.1 Å². The lowest BCUT2D eigenvalue weighted by molar-refractivity contribution is 0.191. The van der Waals surface area contributed by atoms with Gasteiger partial charge in [0.25, 0.3) is 0 Å². The molecule has 0 bridgehead atoms. The fourth-order valence-electron chi connectivity index (χ4n) is 1.08. The van der Waals surface area contributed by atoms with Gasteiger partial charge in [-0.15, -0.1) is 0 Å². The Kier molecular flexibility index (Phi) is 3.98. The van der Waals surface area contributed by atoms with Crippen LogP contribution in [0.5, 0.6) is 0 Å². The minimum absolute atomic E-state index is 0.289. The van der Waals surface area contributed by atoms with E-state index in [-0.39, 0.29) is 6.54 Å². The first-order valence-corrected chi connectivity index (χ1v) is 4.42. The highest BCUT2D eigenvalue weighted by molar-refractivity contribution is 5.18. The molecule has 14 heavy (non-hydrogen) atoms. The molecule has 0 saturated heterocycles. The second-order valence-electron chi connectivity index (χ2n) is 3.22. The molecular weight excluding hydrogens is 188 g/mol. The molecule has 0 heterocycles. The van der Waals surface area contributed by atoms with Crippen molar-refractivity contribution in [3.63, 3.8) is 0 Å². The fraction of sp³-hybridized carbons (Fsp3) is 0.400. The van der Waals surface area contributed by atoms with Gasteiger partial charge in [0, 0.05) is 24.7 Å². The van der Waals surface area contributed by atoms with E-state index in [0.717, 1.165) is 6.07 Å². The Morgan fingerprint density at radius 1 is 1.43 bits per heavy atom. The van der Waals surface area contributed by atoms with E-state index in [1.807, 2.05) is 0 Å². The van der Waals surface area contributed by atoms with Crippen molar-refractivity contribution in [3.05, 3.63) is 35.4 Å². The van der Waals surface area contributed by atoms with E-state index in [0.29, 0.717) is 12.1 Å². The Labute approximate surface area is 81.6 Å². The number of aliphatic hydroxyl groups excluding tert-OH is 1. The molecule has 2 N–H and O–H groups in total. The first-order chi connectivity index (χ1) is 6.59. The molecule has 0 amide bonds. The van der Waals surface area contributed by atoms with Crippen molar-refractivity contribution < 1.29 is 13.9 Å². The Hall–Kier alpha value is -1.00. The van der Waals surface area contributed by atoms with Gasteiger partial charge >= 0.3 is 0 Å². The van der Waals surface area contributed by atoms with E-state index < -0.39 is 17.7 Å². The molecule has 78 valence electrons. The maximum Gasteiger partial charge on any atom is 0.130 e. The van der Waals surface area contributed by atoms with Gasteiger partial charge in [-0.25, -0.2) is 8.78 Å². The van der Waals surface area contributed by atoms with Crippen molar-refractivity contribution in [1.29, 1.82) is 0 Å². The van der Waals surface area contributed by atoms with Crippen LogP contribution in [0.25, 0.3) is 0 Å². The third kappa shape index (κ3) is 3.40. The van der Waals surface area contributed by atoms with Crippen LogP contribution in [-0.2, 0) is 6.54 Å². The molecule has 1 aromatic rings. The number of nitrogens with one attached hydrogen (secondary N) is 1. The summed E-state index contributed by atoms with van der Waals surface area (Å²) in [5.74, 6) is -1.15. The SMILES string of the molecule is C[C@@H](O)CNCc1ccc(F)cc1F. The fourth-order valence-corrected chi connectivity index (χ4v) is 1.08. The van der Waals surface area contributed by atoms with Gasteiger partial charge in [0.1, 0.15) is 11.6 Å². The molecule has 0 unspecified atom stereocenters. The Morgan fingerprint density at radius 2 is 2.14 bits per heavy atom. The Balaban J connectivity index is 2.51. The maximum absolute atomic E-state index is 13.0. The Morgan fingerprint density at radius 3 is 2.71 bits per heavy atom. The molecule has 0 spiro atoms. The second-order valence-corrected chi connectivity index (χ2v) is 3.22. The maximum atomic E-state index is 13.0. The summed E-state index contributed by atoms with van der Waals surface area (Å²) in [4.78, 5) is 0. The largest absolute Gasteiger partial charge is 0.392 e. The lowest BCUT2D eigenvalue weighted by atomic mass is 10.2. The number of hydrogen-bond donors (Lipinski definition) is 2. The van der Waals surface area contributed by atoms with Gasteiger partial charge in [-0.3, -0.25) is 0 Å². The van der Waals surface area contributed by atoms with Crippen molar-refractivity contribution in [1.82, 2.24) is 5.32 Å². The highest BCUT2D eigenvalue weighted by Crippen LogP contribution is 2.08. The predicted molar refractivity (Wildman–Crippen MR) is 49.7 cm³/mol. The van der Waals surface area contributed by atoms with Gasteiger partial charge in [0.2, 0.25) is 0 Å². The zero-order chi connectivity index (χ0) is 10.6. The molecule has 0 saturated carbocycles. The summed E-state index contributed by atoms with van der Waals surface area (Å²) in [6.07, 6.45) is -0.474. The molecule has 0 aliphatic carbocycles. The normalized spacial score (nSPS) is 12.9. The summed E-state index contributed by atoms with van der Waals surface area (Å²) in [5, 5.41) is 11.8. The second kappa shape index (κ2) is 5.02. The third-order valence-electron chi connectivity index (χ3n) is 1.77. The number of hydrogen-bond acceptors (Lipinski definition) is 2. The van der Waals surface area contributed by atoms with Crippen molar-refractivity contribution in [3.8, 4) is 0 Å². The molecule has 0 radical (unpaired) electrons. The molecule has 4 heteroatoms. The summed E-state index contributed by atoms with van der Waals surface area (Å²) in [5.41, 5.74) is 0.395. The molecule has 0 aliphatic rings. The molecular formula is C10H13F2NO. The quantitative estimate of drug-likeness (QED) is 0.772. The average molecular weight is 201 g/mol.